The summed E-state index contributed by atoms with van der Waals surface area (Å²) < 4.78 is 1.28. The quantitative estimate of drug-likeness (QED) is 0.687. The first kappa shape index (κ1) is 19.1. The van der Waals surface area contributed by atoms with Crippen LogP contribution in [-0.4, -0.2) is 32.1 Å². The van der Waals surface area contributed by atoms with Gasteiger partial charge in [0.2, 0.25) is 5.91 Å². The molecule has 0 saturated carbocycles. The molecule has 3 aromatic rings. The molecule has 1 aliphatic heterocycles. The zero-order valence-electron chi connectivity index (χ0n) is 16.3. The lowest BCUT2D eigenvalue weighted by molar-refractivity contribution is -0.134. The van der Waals surface area contributed by atoms with Gasteiger partial charge in [0, 0.05) is 30.6 Å². The van der Waals surface area contributed by atoms with E-state index >= 15 is 0 Å². The summed E-state index contributed by atoms with van der Waals surface area (Å²) >= 11 is 0. The molecule has 1 atom stereocenters. The number of likely N-dealkylation sites (tertiary alicyclic amines) is 1. The number of hydrogen-bond acceptors (Lipinski definition) is 4. The van der Waals surface area contributed by atoms with Crippen molar-refractivity contribution >= 4 is 5.91 Å². The van der Waals surface area contributed by atoms with E-state index in [1.54, 1.807) is 18.5 Å². The fourth-order valence-electron chi connectivity index (χ4n) is 3.88. The summed E-state index contributed by atoms with van der Waals surface area (Å²) in [5, 5.41) is 4.45. The lowest BCUT2D eigenvalue weighted by atomic mass is 10.0. The van der Waals surface area contributed by atoms with Gasteiger partial charge in [-0.2, -0.15) is 5.10 Å². The van der Waals surface area contributed by atoms with E-state index in [4.69, 9.17) is 0 Å². The molecular weight excluding hydrogens is 364 g/mol. The van der Waals surface area contributed by atoms with Crippen LogP contribution in [0.15, 0.2) is 71.8 Å². The highest BCUT2D eigenvalue weighted by Gasteiger charge is 2.27. The molecule has 1 fully saturated rings. The Hall–Kier alpha value is -3.28. The molecule has 0 aliphatic carbocycles. The standard InChI is InChI=1S/C23H24N4O2/c28-22-11-10-20(18-7-3-1-4-8-18)25-27(22)17-23(29)26-16-6-2-5-9-21(26)19-12-14-24-15-13-19/h1,3-4,7-8,10-15,21H,2,5-6,9,16-17H2. The fourth-order valence-corrected chi connectivity index (χ4v) is 3.88. The van der Waals surface area contributed by atoms with Crippen LogP contribution in [-0.2, 0) is 11.3 Å². The van der Waals surface area contributed by atoms with E-state index < -0.39 is 0 Å². The van der Waals surface area contributed by atoms with Crippen molar-refractivity contribution in [2.24, 2.45) is 0 Å². The van der Waals surface area contributed by atoms with Gasteiger partial charge in [-0.25, -0.2) is 4.68 Å². The van der Waals surface area contributed by atoms with Gasteiger partial charge < -0.3 is 4.90 Å². The Morgan fingerprint density at radius 3 is 2.55 bits per heavy atom. The van der Waals surface area contributed by atoms with Gasteiger partial charge in [-0.15, -0.1) is 0 Å². The van der Waals surface area contributed by atoms with Crippen molar-refractivity contribution in [2.45, 2.75) is 38.3 Å². The van der Waals surface area contributed by atoms with E-state index in [0.29, 0.717) is 12.2 Å². The number of carbonyl (C=O) groups excluding carboxylic acids is 1. The lowest BCUT2D eigenvalue weighted by Crippen LogP contribution is -2.39. The number of pyridine rings is 1. The van der Waals surface area contributed by atoms with E-state index in [9.17, 15) is 9.59 Å². The second-order valence-electron chi connectivity index (χ2n) is 7.31. The van der Waals surface area contributed by atoms with E-state index in [-0.39, 0.29) is 24.1 Å². The first-order valence-electron chi connectivity index (χ1n) is 10.1. The van der Waals surface area contributed by atoms with Crippen LogP contribution < -0.4 is 5.56 Å². The molecule has 6 heteroatoms. The maximum absolute atomic E-state index is 13.2. The smallest absolute Gasteiger partial charge is 0.267 e. The van der Waals surface area contributed by atoms with Crippen LogP contribution in [0, 0.1) is 0 Å². The predicted molar refractivity (Wildman–Crippen MR) is 111 cm³/mol. The summed E-state index contributed by atoms with van der Waals surface area (Å²) in [6.07, 6.45) is 7.60. The number of benzene rings is 1. The number of rotatable bonds is 4. The van der Waals surface area contributed by atoms with Crippen molar-refractivity contribution < 1.29 is 4.79 Å². The Kier molecular flexibility index (Phi) is 5.79. The van der Waals surface area contributed by atoms with E-state index in [2.05, 4.69) is 10.1 Å². The van der Waals surface area contributed by atoms with Crippen molar-refractivity contribution in [3.8, 4) is 11.3 Å². The van der Waals surface area contributed by atoms with Crippen molar-refractivity contribution in [3.63, 3.8) is 0 Å². The van der Waals surface area contributed by atoms with Crippen LogP contribution in [0.4, 0.5) is 0 Å². The Labute approximate surface area is 169 Å². The zero-order chi connectivity index (χ0) is 20.1. The maximum Gasteiger partial charge on any atom is 0.267 e. The van der Waals surface area contributed by atoms with Gasteiger partial charge in [0.1, 0.15) is 6.54 Å². The lowest BCUT2D eigenvalue weighted by Gasteiger charge is -2.30. The first-order chi connectivity index (χ1) is 14.2. The predicted octanol–water partition coefficient (Wildman–Crippen LogP) is 3.45. The highest BCUT2D eigenvalue weighted by Crippen LogP contribution is 2.30. The Morgan fingerprint density at radius 2 is 1.76 bits per heavy atom. The van der Waals surface area contributed by atoms with Crippen molar-refractivity contribution in [2.75, 3.05) is 6.54 Å². The van der Waals surface area contributed by atoms with Crippen LogP contribution in [0.5, 0.6) is 0 Å². The Morgan fingerprint density at radius 1 is 0.966 bits per heavy atom. The number of amides is 1. The minimum atomic E-state index is -0.270. The number of aromatic nitrogens is 3. The largest absolute Gasteiger partial charge is 0.334 e. The minimum Gasteiger partial charge on any atom is -0.334 e. The second kappa shape index (κ2) is 8.82. The van der Waals surface area contributed by atoms with Gasteiger partial charge in [0.05, 0.1) is 11.7 Å². The van der Waals surface area contributed by atoms with Crippen LogP contribution in [0.1, 0.15) is 37.3 Å². The molecule has 0 bridgehead atoms. The third-order valence-electron chi connectivity index (χ3n) is 5.39. The first-order valence-corrected chi connectivity index (χ1v) is 10.1. The molecule has 148 valence electrons. The molecule has 1 aromatic carbocycles. The van der Waals surface area contributed by atoms with Gasteiger partial charge in [0.25, 0.3) is 5.56 Å². The molecular formula is C23H24N4O2. The highest BCUT2D eigenvalue weighted by molar-refractivity contribution is 5.76. The number of hydrogen-bond donors (Lipinski definition) is 0. The van der Waals surface area contributed by atoms with E-state index in [1.165, 1.54) is 10.7 Å². The molecule has 6 nitrogen and oxygen atoms in total. The third kappa shape index (κ3) is 4.42. The molecule has 0 spiro atoms. The van der Waals surface area contributed by atoms with Crippen LogP contribution in [0.2, 0.25) is 0 Å². The molecule has 2 aromatic heterocycles. The average Bonchev–Trinajstić information content (AvgIpc) is 3.03. The summed E-state index contributed by atoms with van der Waals surface area (Å²) in [5.41, 5.74) is 2.42. The van der Waals surface area contributed by atoms with Crippen LogP contribution in [0.3, 0.4) is 0 Å². The number of carbonyl (C=O) groups is 1. The summed E-state index contributed by atoms with van der Waals surface area (Å²) in [5.74, 6) is -0.0754. The third-order valence-corrected chi connectivity index (χ3v) is 5.39. The summed E-state index contributed by atoms with van der Waals surface area (Å²) in [7, 11) is 0. The normalized spacial score (nSPS) is 17.0. The van der Waals surface area contributed by atoms with Gasteiger partial charge >= 0.3 is 0 Å². The number of nitrogens with zero attached hydrogens (tertiary/aromatic N) is 4. The van der Waals surface area contributed by atoms with Gasteiger partial charge in [-0.1, -0.05) is 43.2 Å². The molecule has 1 unspecified atom stereocenters. The monoisotopic (exact) mass is 388 g/mol. The maximum atomic E-state index is 13.2. The van der Waals surface area contributed by atoms with Crippen molar-refractivity contribution in [1.29, 1.82) is 0 Å². The van der Waals surface area contributed by atoms with Gasteiger partial charge in [0.15, 0.2) is 0 Å². The molecule has 29 heavy (non-hydrogen) atoms. The second-order valence-corrected chi connectivity index (χ2v) is 7.31. The fraction of sp³-hybridized carbons (Fsp3) is 0.304. The molecule has 0 radical (unpaired) electrons. The molecule has 0 N–H and O–H groups in total. The topological polar surface area (TPSA) is 68.1 Å². The van der Waals surface area contributed by atoms with E-state index in [1.807, 2.05) is 47.4 Å². The average molecular weight is 388 g/mol. The molecule has 1 amide bonds. The van der Waals surface area contributed by atoms with Gasteiger partial charge in [-0.3, -0.25) is 14.6 Å². The molecule has 1 aliphatic rings. The molecule has 1 saturated heterocycles. The molecule has 4 rings (SSSR count). The van der Waals surface area contributed by atoms with Crippen LogP contribution in [0.25, 0.3) is 11.3 Å². The highest BCUT2D eigenvalue weighted by atomic mass is 16.2. The summed E-state index contributed by atoms with van der Waals surface area (Å²) in [4.78, 5) is 31.6. The Bertz CT molecular complexity index is 1020. The molecule has 3 heterocycles. The minimum absolute atomic E-state index is 0.0148. The van der Waals surface area contributed by atoms with Gasteiger partial charge in [-0.05, 0) is 36.6 Å². The van der Waals surface area contributed by atoms with Crippen molar-refractivity contribution in [3.05, 3.63) is 82.9 Å². The van der Waals surface area contributed by atoms with E-state index in [0.717, 1.165) is 36.8 Å². The van der Waals surface area contributed by atoms with Crippen molar-refractivity contribution in [1.82, 2.24) is 19.7 Å². The summed E-state index contributed by atoms with van der Waals surface area (Å²) in [6, 6.07) is 16.8. The summed E-state index contributed by atoms with van der Waals surface area (Å²) in [6.45, 7) is 0.639. The zero-order valence-corrected chi connectivity index (χ0v) is 16.3. The Balaban J connectivity index is 1.60. The van der Waals surface area contributed by atoms with Crippen LogP contribution >= 0.6 is 0 Å². The SMILES string of the molecule is O=C(Cn1nc(-c2ccccc2)ccc1=O)N1CCCCCC1c1ccncc1.